The molecule has 0 fully saturated rings. The van der Waals surface area contributed by atoms with Gasteiger partial charge in [0, 0.05) is 17.9 Å². The van der Waals surface area contributed by atoms with Gasteiger partial charge in [-0.1, -0.05) is 13.5 Å². The summed E-state index contributed by atoms with van der Waals surface area (Å²) in [5, 5.41) is 4.76. The summed E-state index contributed by atoms with van der Waals surface area (Å²) in [7, 11) is 0. The molecule has 0 radical (unpaired) electrons. The fraction of sp³-hybridized carbons (Fsp3) is 0.429. The summed E-state index contributed by atoms with van der Waals surface area (Å²) >= 11 is 0. The summed E-state index contributed by atoms with van der Waals surface area (Å²) in [6.07, 6.45) is -4.74. The number of hydrogen-bond acceptors (Lipinski definition) is 2. The normalized spacial score (nSPS) is 12.9. The number of benzene rings is 1. The second-order valence-corrected chi connectivity index (χ2v) is 4.47. The molecular weight excluding hydrogens is 291 g/mol. The van der Waals surface area contributed by atoms with Crippen LogP contribution < -0.4 is 10.6 Å². The van der Waals surface area contributed by atoms with E-state index >= 15 is 0 Å². The number of hydrogen-bond donors (Lipinski definition) is 2. The van der Waals surface area contributed by atoms with E-state index in [9.17, 15) is 22.0 Å². The van der Waals surface area contributed by atoms with Crippen LogP contribution in [-0.2, 0) is 0 Å². The lowest BCUT2D eigenvalue weighted by Crippen LogP contribution is -2.35. The monoisotopic (exact) mass is 308 g/mol. The average molecular weight is 308 g/mol. The molecule has 0 bridgehead atoms. The van der Waals surface area contributed by atoms with Gasteiger partial charge in [0.2, 0.25) is 0 Å². The van der Waals surface area contributed by atoms with Crippen molar-refractivity contribution in [2.45, 2.75) is 32.5 Å². The summed E-state index contributed by atoms with van der Waals surface area (Å²) in [6, 6.07) is -0.205. The molecule has 0 amide bonds. The predicted molar refractivity (Wildman–Crippen MR) is 72.8 cm³/mol. The third-order valence-corrected chi connectivity index (χ3v) is 2.88. The fourth-order valence-electron chi connectivity index (χ4n) is 1.86. The number of rotatable bonds is 6. The molecule has 1 aromatic carbocycles. The van der Waals surface area contributed by atoms with Crippen LogP contribution in [0, 0.1) is 11.6 Å². The van der Waals surface area contributed by atoms with Crippen molar-refractivity contribution in [3.8, 4) is 0 Å². The number of anilines is 1. The van der Waals surface area contributed by atoms with E-state index in [4.69, 9.17) is 0 Å². The first-order valence-electron chi connectivity index (χ1n) is 6.46. The van der Waals surface area contributed by atoms with Gasteiger partial charge < -0.3 is 10.6 Å². The van der Waals surface area contributed by atoms with Crippen molar-refractivity contribution in [2.75, 3.05) is 11.9 Å². The minimum absolute atomic E-state index is 0.0434. The Kier molecular flexibility index (Phi) is 5.57. The van der Waals surface area contributed by atoms with Crippen molar-refractivity contribution >= 4 is 11.4 Å². The molecule has 1 rings (SSSR count). The minimum Gasteiger partial charge on any atom is -0.385 e. The van der Waals surface area contributed by atoms with E-state index in [0.29, 0.717) is 6.54 Å². The van der Waals surface area contributed by atoms with Crippen LogP contribution in [-0.4, -0.2) is 18.8 Å². The van der Waals surface area contributed by atoms with E-state index in [1.165, 1.54) is 6.92 Å². The van der Waals surface area contributed by atoms with Gasteiger partial charge >= 0.3 is 6.18 Å². The smallest absolute Gasteiger partial charge is 0.385 e. The van der Waals surface area contributed by atoms with Crippen LogP contribution in [0.4, 0.5) is 27.6 Å². The summed E-state index contributed by atoms with van der Waals surface area (Å²) in [4.78, 5) is 0. The molecule has 118 valence electrons. The van der Waals surface area contributed by atoms with Crippen molar-refractivity contribution in [2.24, 2.45) is 0 Å². The molecule has 0 saturated heterocycles. The highest BCUT2D eigenvalue weighted by atomic mass is 19.4. The lowest BCUT2D eigenvalue weighted by molar-refractivity contribution is -0.142. The Morgan fingerprint density at radius 2 is 1.71 bits per heavy atom. The molecule has 7 heteroatoms. The SMILES string of the molecule is C=C(NCC)c1c(F)cc(NC(CC)C(F)(F)F)cc1F. The van der Waals surface area contributed by atoms with Gasteiger partial charge in [0.05, 0.1) is 5.56 Å². The fourth-order valence-corrected chi connectivity index (χ4v) is 1.86. The number of nitrogens with one attached hydrogen (secondary N) is 2. The zero-order chi connectivity index (χ0) is 16.2. The van der Waals surface area contributed by atoms with Crippen LogP contribution in [0.3, 0.4) is 0 Å². The predicted octanol–water partition coefficient (Wildman–Crippen LogP) is 4.30. The summed E-state index contributed by atoms with van der Waals surface area (Å²) in [5.41, 5.74) is -0.591. The highest BCUT2D eigenvalue weighted by Crippen LogP contribution is 2.28. The van der Waals surface area contributed by atoms with Gasteiger partial charge in [0.1, 0.15) is 17.7 Å². The first kappa shape index (κ1) is 17.3. The molecule has 0 aliphatic heterocycles. The maximum atomic E-state index is 13.9. The topological polar surface area (TPSA) is 24.1 Å². The average Bonchev–Trinajstić information content (AvgIpc) is 2.34. The molecule has 0 spiro atoms. The van der Waals surface area contributed by atoms with Crippen molar-refractivity contribution in [3.05, 3.63) is 35.9 Å². The molecular formula is C14H17F5N2. The second-order valence-electron chi connectivity index (χ2n) is 4.47. The van der Waals surface area contributed by atoms with E-state index in [2.05, 4.69) is 17.2 Å². The van der Waals surface area contributed by atoms with Crippen LogP contribution in [0.2, 0.25) is 0 Å². The molecule has 0 aliphatic carbocycles. The quantitative estimate of drug-likeness (QED) is 0.766. The highest BCUT2D eigenvalue weighted by molar-refractivity contribution is 5.65. The molecule has 0 saturated carbocycles. The van der Waals surface area contributed by atoms with Crippen LogP contribution in [0.25, 0.3) is 5.70 Å². The lowest BCUT2D eigenvalue weighted by atomic mass is 10.1. The first-order valence-corrected chi connectivity index (χ1v) is 6.46. The van der Waals surface area contributed by atoms with E-state index in [1.54, 1.807) is 6.92 Å². The van der Waals surface area contributed by atoms with Crippen molar-refractivity contribution in [3.63, 3.8) is 0 Å². The Labute approximate surface area is 120 Å². The van der Waals surface area contributed by atoms with E-state index in [-0.39, 0.29) is 23.4 Å². The van der Waals surface area contributed by atoms with Gasteiger partial charge in [-0.25, -0.2) is 8.78 Å². The Morgan fingerprint density at radius 1 is 1.19 bits per heavy atom. The standard InChI is InChI=1S/C14H17F5N2/c1-4-12(14(17,18)19)21-9-6-10(15)13(11(16)7-9)8(3)20-5-2/h6-7,12,20-21H,3-5H2,1-2H3. The molecule has 2 nitrogen and oxygen atoms in total. The van der Waals surface area contributed by atoms with E-state index in [0.717, 1.165) is 12.1 Å². The van der Waals surface area contributed by atoms with Gasteiger partial charge in [0.15, 0.2) is 0 Å². The number of halogens is 5. The summed E-state index contributed by atoms with van der Waals surface area (Å²) < 4.78 is 65.7. The molecule has 1 unspecified atom stereocenters. The summed E-state index contributed by atoms with van der Waals surface area (Å²) in [5.74, 6) is -1.94. The molecule has 1 aromatic rings. The Bertz CT molecular complexity index is 488. The van der Waals surface area contributed by atoms with Crippen LogP contribution in [0.5, 0.6) is 0 Å². The van der Waals surface area contributed by atoms with E-state index in [1.807, 2.05) is 0 Å². The van der Waals surface area contributed by atoms with Gasteiger partial charge in [0.25, 0.3) is 0 Å². The lowest BCUT2D eigenvalue weighted by Gasteiger charge is -2.22. The van der Waals surface area contributed by atoms with E-state index < -0.39 is 23.9 Å². The Morgan fingerprint density at radius 3 is 2.10 bits per heavy atom. The zero-order valence-corrected chi connectivity index (χ0v) is 11.7. The molecule has 2 N–H and O–H groups in total. The molecule has 0 aliphatic rings. The third kappa shape index (κ3) is 4.34. The third-order valence-electron chi connectivity index (χ3n) is 2.88. The van der Waals surface area contributed by atoms with Gasteiger partial charge in [-0.2, -0.15) is 13.2 Å². The van der Waals surface area contributed by atoms with Gasteiger partial charge in [-0.05, 0) is 25.5 Å². The number of alkyl halides is 3. The molecule has 21 heavy (non-hydrogen) atoms. The maximum absolute atomic E-state index is 13.9. The van der Waals surface area contributed by atoms with Crippen LogP contribution in [0.15, 0.2) is 18.7 Å². The maximum Gasteiger partial charge on any atom is 0.408 e. The van der Waals surface area contributed by atoms with Gasteiger partial charge in [-0.15, -0.1) is 0 Å². The van der Waals surface area contributed by atoms with Gasteiger partial charge in [-0.3, -0.25) is 0 Å². The first-order chi connectivity index (χ1) is 9.70. The second kappa shape index (κ2) is 6.78. The summed E-state index contributed by atoms with van der Waals surface area (Å²) in [6.45, 7) is 6.97. The Hall–Kier alpha value is -1.79. The van der Waals surface area contributed by atoms with Crippen molar-refractivity contribution < 1.29 is 22.0 Å². The van der Waals surface area contributed by atoms with Crippen LogP contribution >= 0.6 is 0 Å². The molecule has 0 aromatic heterocycles. The van der Waals surface area contributed by atoms with Crippen molar-refractivity contribution in [1.29, 1.82) is 0 Å². The van der Waals surface area contributed by atoms with Crippen molar-refractivity contribution in [1.82, 2.24) is 5.32 Å². The largest absolute Gasteiger partial charge is 0.408 e. The highest BCUT2D eigenvalue weighted by Gasteiger charge is 2.38. The minimum atomic E-state index is -4.49. The Balaban J connectivity index is 3.06. The molecule has 0 heterocycles. The molecule has 1 atom stereocenters. The van der Waals surface area contributed by atoms with Crippen LogP contribution in [0.1, 0.15) is 25.8 Å². The zero-order valence-electron chi connectivity index (χ0n) is 11.7.